The smallest absolute Gasteiger partial charge is 0.340 e. The summed E-state index contributed by atoms with van der Waals surface area (Å²) in [6.07, 6.45) is 1.83. The molecule has 1 aromatic heterocycles. The average Bonchev–Trinajstić information content (AvgIpc) is 2.58. The zero-order chi connectivity index (χ0) is 19.3. The summed E-state index contributed by atoms with van der Waals surface area (Å²) < 4.78 is 5.06. The van der Waals surface area contributed by atoms with Crippen LogP contribution in [0, 0.1) is 6.92 Å². The number of nitrogens with one attached hydrogen (secondary N) is 1. The first kappa shape index (κ1) is 19.3. The van der Waals surface area contributed by atoms with Crippen molar-refractivity contribution in [3.05, 3.63) is 33.7 Å². The van der Waals surface area contributed by atoms with Gasteiger partial charge in [-0.3, -0.25) is 9.59 Å². The van der Waals surface area contributed by atoms with E-state index in [-0.39, 0.29) is 29.9 Å². The van der Waals surface area contributed by atoms with Crippen LogP contribution in [-0.4, -0.2) is 33.7 Å². The number of hydrogen-bond donors (Lipinski definition) is 4. The largest absolute Gasteiger partial charge is 0.504 e. The molecule has 8 nitrogen and oxygen atoms in total. The highest BCUT2D eigenvalue weighted by molar-refractivity contribution is 5.89. The van der Waals surface area contributed by atoms with Gasteiger partial charge in [0.25, 0.3) is 0 Å². The third-order valence-electron chi connectivity index (χ3n) is 4.13. The van der Waals surface area contributed by atoms with E-state index in [4.69, 9.17) is 9.52 Å². The number of fused-ring (bicyclic) bond motifs is 1. The van der Waals surface area contributed by atoms with Crippen molar-refractivity contribution >= 4 is 22.8 Å². The first-order chi connectivity index (χ1) is 12.3. The third kappa shape index (κ3) is 4.53. The molecule has 0 aliphatic rings. The zero-order valence-electron chi connectivity index (χ0n) is 14.4. The molecule has 1 heterocycles. The molecule has 4 N–H and O–H groups in total. The van der Waals surface area contributed by atoms with E-state index in [1.807, 2.05) is 0 Å². The molecule has 0 aliphatic heterocycles. The number of aliphatic carboxylic acids is 1. The number of rotatable bonds is 8. The Balaban J connectivity index is 2.02. The monoisotopic (exact) mass is 363 g/mol. The van der Waals surface area contributed by atoms with Crippen LogP contribution in [0.3, 0.4) is 0 Å². The predicted molar refractivity (Wildman–Crippen MR) is 93.4 cm³/mol. The van der Waals surface area contributed by atoms with Crippen LogP contribution in [0.15, 0.2) is 21.3 Å². The van der Waals surface area contributed by atoms with Gasteiger partial charge >= 0.3 is 11.6 Å². The summed E-state index contributed by atoms with van der Waals surface area (Å²) in [4.78, 5) is 34.6. The highest BCUT2D eigenvalue weighted by Crippen LogP contribution is 2.34. The first-order valence-corrected chi connectivity index (χ1v) is 8.27. The number of aryl methyl sites for hydroxylation is 1. The van der Waals surface area contributed by atoms with E-state index in [1.54, 1.807) is 6.92 Å². The zero-order valence-corrected chi connectivity index (χ0v) is 14.4. The minimum absolute atomic E-state index is 0.105. The van der Waals surface area contributed by atoms with Crippen LogP contribution in [0.4, 0.5) is 0 Å². The Hall–Kier alpha value is -3.03. The van der Waals surface area contributed by atoms with Gasteiger partial charge in [0.2, 0.25) is 11.7 Å². The molecule has 140 valence electrons. The maximum Gasteiger partial charge on any atom is 0.340 e. The van der Waals surface area contributed by atoms with Crippen molar-refractivity contribution in [1.82, 2.24) is 5.32 Å². The van der Waals surface area contributed by atoms with Crippen LogP contribution in [0.5, 0.6) is 11.5 Å². The summed E-state index contributed by atoms with van der Waals surface area (Å²) in [6, 6.07) is 2.79. The second-order valence-corrected chi connectivity index (χ2v) is 6.03. The minimum atomic E-state index is -0.841. The Labute approximate surface area is 149 Å². The molecule has 1 amide bonds. The second-order valence-electron chi connectivity index (χ2n) is 6.03. The van der Waals surface area contributed by atoms with Crippen LogP contribution in [-0.2, 0) is 16.0 Å². The quantitative estimate of drug-likeness (QED) is 0.319. The van der Waals surface area contributed by atoms with E-state index < -0.39 is 23.1 Å². The van der Waals surface area contributed by atoms with Crippen molar-refractivity contribution in [3.8, 4) is 11.5 Å². The number of benzene rings is 1. The summed E-state index contributed by atoms with van der Waals surface area (Å²) in [5.74, 6) is -2.10. The van der Waals surface area contributed by atoms with Crippen LogP contribution >= 0.6 is 0 Å². The molecule has 1 aromatic carbocycles. The molecule has 2 aromatic rings. The summed E-state index contributed by atoms with van der Waals surface area (Å²) in [5, 5.41) is 31.0. The van der Waals surface area contributed by atoms with Gasteiger partial charge in [0.05, 0.1) is 12.0 Å². The summed E-state index contributed by atoms with van der Waals surface area (Å²) >= 11 is 0. The topological polar surface area (TPSA) is 137 Å². The summed E-state index contributed by atoms with van der Waals surface area (Å²) in [7, 11) is 0. The Morgan fingerprint density at radius 1 is 1.15 bits per heavy atom. The fourth-order valence-corrected chi connectivity index (χ4v) is 2.66. The normalized spacial score (nSPS) is 10.8. The molecule has 8 heteroatoms. The number of unbranched alkanes of at least 4 members (excludes halogenated alkanes) is 2. The van der Waals surface area contributed by atoms with Crippen molar-refractivity contribution in [1.29, 1.82) is 0 Å². The van der Waals surface area contributed by atoms with E-state index in [2.05, 4.69) is 5.32 Å². The van der Waals surface area contributed by atoms with Gasteiger partial charge in [-0.1, -0.05) is 6.42 Å². The SMILES string of the molecule is Cc1c(CC(=O)NCCCCCC(=O)O)c(=O)oc2c(O)c(O)ccc12. The van der Waals surface area contributed by atoms with Gasteiger partial charge < -0.3 is 25.1 Å². The van der Waals surface area contributed by atoms with Gasteiger partial charge in [-0.15, -0.1) is 0 Å². The lowest BCUT2D eigenvalue weighted by Crippen LogP contribution is -2.28. The molecule has 26 heavy (non-hydrogen) atoms. The molecule has 0 saturated heterocycles. The van der Waals surface area contributed by atoms with E-state index in [0.717, 1.165) is 0 Å². The second kappa shape index (κ2) is 8.37. The highest BCUT2D eigenvalue weighted by Gasteiger charge is 2.18. The molecule has 0 bridgehead atoms. The number of carboxylic acids is 1. The number of amides is 1. The maximum atomic E-state index is 12.1. The van der Waals surface area contributed by atoms with Gasteiger partial charge in [0, 0.05) is 18.4 Å². The summed E-state index contributed by atoms with van der Waals surface area (Å²) in [6.45, 7) is 2.04. The lowest BCUT2D eigenvalue weighted by atomic mass is 10.0. The molecule has 0 unspecified atom stereocenters. The molecule has 0 aliphatic carbocycles. The number of carbonyl (C=O) groups excluding carboxylic acids is 1. The third-order valence-corrected chi connectivity index (χ3v) is 4.13. The van der Waals surface area contributed by atoms with Crippen LogP contribution in [0.25, 0.3) is 11.0 Å². The number of phenolic OH excluding ortho intramolecular Hbond substituents is 2. The molecule has 2 rings (SSSR count). The Bertz CT molecular complexity index is 885. The Kier molecular flexibility index (Phi) is 6.21. The number of carbonyl (C=O) groups is 2. The van der Waals surface area contributed by atoms with E-state index in [0.29, 0.717) is 36.8 Å². The minimum Gasteiger partial charge on any atom is -0.504 e. The van der Waals surface area contributed by atoms with Gasteiger partial charge in [-0.05, 0) is 37.5 Å². The number of carboxylic acid groups (broad SMARTS) is 1. The highest BCUT2D eigenvalue weighted by atomic mass is 16.4. The van der Waals surface area contributed by atoms with Gasteiger partial charge in [-0.25, -0.2) is 4.79 Å². The van der Waals surface area contributed by atoms with Crippen molar-refractivity contribution in [2.24, 2.45) is 0 Å². The lowest BCUT2D eigenvalue weighted by Gasteiger charge is -2.10. The van der Waals surface area contributed by atoms with Crippen molar-refractivity contribution in [2.45, 2.75) is 39.0 Å². The van der Waals surface area contributed by atoms with Crippen molar-refractivity contribution in [3.63, 3.8) is 0 Å². The fourth-order valence-electron chi connectivity index (χ4n) is 2.66. The Morgan fingerprint density at radius 3 is 2.58 bits per heavy atom. The molecule has 0 fully saturated rings. The number of hydrogen-bond acceptors (Lipinski definition) is 6. The molecular formula is C18H21NO7. The standard InChI is InChI=1S/C18H21NO7/c1-10-11-6-7-13(20)16(24)17(11)26-18(25)12(10)9-14(21)19-8-4-2-3-5-15(22)23/h6-7,20,24H,2-5,8-9H2,1H3,(H,19,21)(H,22,23). The maximum absolute atomic E-state index is 12.1. The Morgan fingerprint density at radius 2 is 1.88 bits per heavy atom. The molecule has 0 saturated carbocycles. The van der Waals surface area contributed by atoms with E-state index >= 15 is 0 Å². The molecule has 0 radical (unpaired) electrons. The fraction of sp³-hybridized carbons (Fsp3) is 0.389. The molecular weight excluding hydrogens is 342 g/mol. The van der Waals surface area contributed by atoms with Crippen LogP contribution < -0.4 is 10.9 Å². The number of aromatic hydroxyl groups is 2. The molecule has 0 atom stereocenters. The number of phenols is 2. The van der Waals surface area contributed by atoms with Gasteiger partial charge in [0.1, 0.15) is 0 Å². The van der Waals surface area contributed by atoms with E-state index in [9.17, 15) is 24.6 Å². The predicted octanol–water partition coefficient (Wildman–Crippen LogP) is 1.82. The van der Waals surface area contributed by atoms with Gasteiger partial charge in [-0.2, -0.15) is 0 Å². The average molecular weight is 363 g/mol. The van der Waals surface area contributed by atoms with E-state index in [1.165, 1.54) is 12.1 Å². The lowest BCUT2D eigenvalue weighted by molar-refractivity contribution is -0.137. The van der Waals surface area contributed by atoms with Crippen LogP contribution in [0.2, 0.25) is 0 Å². The van der Waals surface area contributed by atoms with Crippen molar-refractivity contribution < 1.29 is 29.3 Å². The summed E-state index contributed by atoms with van der Waals surface area (Å²) in [5.41, 5.74) is -0.170. The first-order valence-electron chi connectivity index (χ1n) is 8.27. The van der Waals surface area contributed by atoms with Crippen molar-refractivity contribution in [2.75, 3.05) is 6.54 Å². The van der Waals surface area contributed by atoms with Gasteiger partial charge in [0.15, 0.2) is 11.3 Å². The molecule has 0 spiro atoms. The van der Waals surface area contributed by atoms with Crippen LogP contribution in [0.1, 0.15) is 36.8 Å².